The van der Waals surface area contributed by atoms with Gasteiger partial charge < -0.3 is 0 Å². The molecule has 0 fully saturated rings. The SMILES string of the molecule is CCCCCCCCCCCC.[Ca]. The molecule has 0 unspecified atom stereocenters. The van der Waals surface area contributed by atoms with Crippen molar-refractivity contribution in [1.29, 1.82) is 0 Å². The van der Waals surface area contributed by atoms with Crippen LogP contribution < -0.4 is 0 Å². The van der Waals surface area contributed by atoms with E-state index in [-0.39, 0.29) is 37.7 Å². The van der Waals surface area contributed by atoms with Gasteiger partial charge in [-0.25, -0.2) is 0 Å². The van der Waals surface area contributed by atoms with Crippen molar-refractivity contribution in [3.63, 3.8) is 0 Å². The molecule has 0 aromatic rings. The molecule has 0 aromatic carbocycles. The largest absolute Gasteiger partial charge is 0.0654 e. The molecule has 0 saturated carbocycles. The number of unbranched alkanes of at least 4 members (excludes halogenated alkanes) is 9. The van der Waals surface area contributed by atoms with E-state index in [1.807, 2.05) is 0 Å². The van der Waals surface area contributed by atoms with Crippen LogP contribution in [0.5, 0.6) is 0 Å². The monoisotopic (exact) mass is 210 g/mol. The molecule has 0 atom stereocenters. The van der Waals surface area contributed by atoms with Gasteiger partial charge in [0.05, 0.1) is 0 Å². The minimum Gasteiger partial charge on any atom is -0.0654 e. The Morgan fingerprint density at radius 2 is 0.692 bits per heavy atom. The van der Waals surface area contributed by atoms with E-state index in [1.54, 1.807) is 0 Å². The van der Waals surface area contributed by atoms with Gasteiger partial charge in [-0.05, 0) is 0 Å². The summed E-state index contributed by atoms with van der Waals surface area (Å²) in [6.45, 7) is 4.56. The van der Waals surface area contributed by atoms with E-state index in [9.17, 15) is 0 Å². The standard InChI is InChI=1S/C12H26.Ca/c1-3-5-7-9-11-12-10-8-6-4-2;/h3-12H2,1-2H3;. The second-order valence-electron chi connectivity index (χ2n) is 3.83. The fourth-order valence-electron chi connectivity index (χ4n) is 1.56. The number of rotatable bonds is 9. The van der Waals surface area contributed by atoms with Crippen molar-refractivity contribution < 1.29 is 0 Å². The first-order valence-electron chi connectivity index (χ1n) is 5.91. The van der Waals surface area contributed by atoms with Crippen LogP contribution in [0.3, 0.4) is 0 Å². The normalized spacial score (nSPS) is 9.69. The van der Waals surface area contributed by atoms with Gasteiger partial charge in [-0.1, -0.05) is 78.1 Å². The smallest absolute Gasteiger partial charge is 0 e. The Hall–Kier alpha value is 1.26. The molecule has 0 heterocycles. The van der Waals surface area contributed by atoms with E-state index >= 15 is 0 Å². The van der Waals surface area contributed by atoms with Gasteiger partial charge in [-0.2, -0.15) is 0 Å². The van der Waals surface area contributed by atoms with E-state index < -0.39 is 0 Å². The van der Waals surface area contributed by atoms with Gasteiger partial charge in [0.1, 0.15) is 0 Å². The Morgan fingerprint density at radius 1 is 0.462 bits per heavy atom. The third-order valence-corrected chi connectivity index (χ3v) is 2.46. The van der Waals surface area contributed by atoms with Crippen molar-refractivity contribution in [2.24, 2.45) is 0 Å². The minimum atomic E-state index is 0. The summed E-state index contributed by atoms with van der Waals surface area (Å²) in [6, 6.07) is 0. The first-order chi connectivity index (χ1) is 5.91. The first kappa shape index (κ1) is 16.7. The molecule has 0 N–H and O–H groups in total. The molecule has 0 aliphatic heterocycles. The summed E-state index contributed by atoms with van der Waals surface area (Å²) in [5, 5.41) is 0. The molecule has 0 spiro atoms. The Morgan fingerprint density at radius 3 is 0.923 bits per heavy atom. The van der Waals surface area contributed by atoms with Gasteiger partial charge in [-0.3, -0.25) is 0 Å². The Kier molecular flexibility index (Phi) is 20.2. The maximum absolute atomic E-state index is 2.28. The summed E-state index contributed by atoms with van der Waals surface area (Å²) < 4.78 is 0. The van der Waals surface area contributed by atoms with E-state index in [1.165, 1.54) is 64.2 Å². The molecule has 0 nitrogen and oxygen atoms in total. The van der Waals surface area contributed by atoms with Crippen molar-refractivity contribution in [2.75, 3.05) is 0 Å². The summed E-state index contributed by atoms with van der Waals surface area (Å²) in [5.41, 5.74) is 0. The molecular formula is C12H26Ca. The molecule has 0 aromatic heterocycles. The van der Waals surface area contributed by atoms with Gasteiger partial charge >= 0.3 is 0 Å². The molecule has 76 valence electrons. The van der Waals surface area contributed by atoms with Crippen molar-refractivity contribution in [2.45, 2.75) is 78.1 Å². The van der Waals surface area contributed by atoms with Gasteiger partial charge in [-0.15, -0.1) is 0 Å². The fourth-order valence-corrected chi connectivity index (χ4v) is 1.56. The third-order valence-electron chi connectivity index (χ3n) is 2.46. The summed E-state index contributed by atoms with van der Waals surface area (Å²) in [6.07, 6.45) is 14.4. The van der Waals surface area contributed by atoms with E-state index in [0.29, 0.717) is 0 Å². The predicted octanol–water partition coefficient (Wildman–Crippen LogP) is 4.55. The topological polar surface area (TPSA) is 0 Å². The molecule has 0 amide bonds. The van der Waals surface area contributed by atoms with Crippen LogP contribution >= 0.6 is 0 Å². The second-order valence-corrected chi connectivity index (χ2v) is 3.83. The van der Waals surface area contributed by atoms with Crippen LogP contribution in [-0.4, -0.2) is 37.7 Å². The molecule has 0 bridgehead atoms. The molecule has 0 aliphatic carbocycles. The molecule has 1 heteroatoms. The van der Waals surface area contributed by atoms with Gasteiger partial charge in [0.25, 0.3) is 0 Å². The summed E-state index contributed by atoms with van der Waals surface area (Å²) in [7, 11) is 0. The average molecular weight is 210 g/mol. The maximum atomic E-state index is 2.28. The third kappa shape index (κ3) is 16.0. The minimum absolute atomic E-state index is 0. The maximum Gasteiger partial charge on any atom is 0 e. The average Bonchev–Trinajstić information content (AvgIpc) is 2.10. The van der Waals surface area contributed by atoms with Crippen LogP contribution in [-0.2, 0) is 0 Å². The van der Waals surface area contributed by atoms with Crippen molar-refractivity contribution in [1.82, 2.24) is 0 Å². The molecule has 13 heavy (non-hydrogen) atoms. The fraction of sp³-hybridized carbons (Fsp3) is 1.00. The predicted molar refractivity (Wildman–Crippen MR) is 63.3 cm³/mol. The number of hydrogen-bond donors (Lipinski definition) is 0. The Bertz CT molecular complexity index is 61.5. The summed E-state index contributed by atoms with van der Waals surface area (Å²) in [4.78, 5) is 0. The zero-order valence-electron chi connectivity index (χ0n) is 9.78. The summed E-state index contributed by atoms with van der Waals surface area (Å²) in [5.74, 6) is 0. The zero-order valence-corrected chi connectivity index (χ0v) is 12.0. The van der Waals surface area contributed by atoms with Gasteiger partial charge in [0.2, 0.25) is 0 Å². The van der Waals surface area contributed by atoms with E-state index in [2.05, 4.69) is 13.8 Å². The molecule has 0 aliphatic rings. The van der Waals surface area contributed by atoms with E-state index in [0.717, 1.165) is 0 Å². The van der Waals surface area contributed by atoms with E-state index in [4.69, 9.17) is 0 Å². The van der Waals surface area contributed by atoms with Gasteiger partial charge in [0.15, 0.2) is 0 Å². The van der Waals surface area contributed by atoms with Crippen LogP contribution in [0.4, 0.5) is 0 Å². The van der Waals surface area contributed by atoms with Crippen molar-refractivity contribution >= 4 is 37.7 Å². The van der Waals surface area contributed by atoms with Crippen LogP contribution in [0, 0.1) is 0 Å². The van der Waals surface area contributed by atoms with Crippen LogP contribution in [0.25, 0.3) is 0 Å². The molecule has 2 radical (unpaired) electrons. The Labute approximate surface area is 115 Å². The molecular weight excluding hydrogens is 184 g/mol. The molecule has 0 rings (SSSR count). The van der Waals surface area contributed by atoms with Crippen LogP contribution in [0.2, 0.25) is 0 Å². The zero-order chi connectivity index (χ0) is 9.07. The van der Waals surface area contributed by atoms with Gasteiger partial charge in [0, 0.05) is 37.7 Å². The number of hydrogen-bond acceptors (Lipinski definition) is 0. The van der Waals surface area contributed by atoms with Crippen molar-refractivity contribution in [3.05, 3.63) is 0 Å². The molecule has 0 saturated heterocycles. The first-order valence-corrected chi connectivity index (χ1v) is 5.91. The summed E-state index contributed by atoms with van der Waals surface area (Å²) >= 11 is 0. The van der Waals surface area contributed by atoms with Crippen LogP contribution in [0.15, 0.2) is 0 Å². The van der Waals surface area contributed by atoms with Crippen molar-refractivity contribution in [3.8, 4) is 0 Å². The van der Waals surface area contributed by atoms with Crippen LogP contribution in [0.1, 0.15) is 78.1 Å². The Balaban J connectivity index is 0. The quantitative estimate of drug-likeness (QED) is 0.387. The second kappa shape index (κ2) is 15.7.